The van der Waals surface area contributed by atoms with Crippen molar-refractivity contribution in [1.82, 2.24) is 9.38 Å². The van der Waals surface area contributed by atoms with Gasteiger partial charge in [-0.3, -0.25) is 9.20 Å². The van der Waals surface area contributed by atoms with Crippen LogP contribution < -0.4 is 10.1 Å². The molecule has 0 unspecified atom stereocenters. The molecule has 0 aliphatic rings. The number of hydrogen-bond acceptors (Lipinski definition) is 3. The molecule has 2 aromatic carbocycles. The Kier molecular flexibility index (Phi) is 6.10. The van der Waals surface area contributed by atoms with Gasteiger partial charge in [-0.05, 0) is 55.3 Å². The summed E-state index contributed by atoms with van der Waals surface area (Å²) in [7, 11) is 0. The summed E-state index contributed by atoms with van der Waals surface area (Å²) in [6, 6.07) is 12.4. The van der Waals surface area contributed by atoms with Crippen molar-refractivity contribution < 1.29 is 18.3 Å². The van der Waals surface area contributed by atoms with Gasteiger partial charge in [-0.25, -0.2) is 13.8 Å². The lowest BCUT2D eigenvalue weighted by Gasteiger charge is -2.11. The number of carbonyl (C=O) groups excluding carboxylic acids is 1. The van der Waals surface area contributed by atoms with Crippen molar-refractivity contribution in [2.24, 2.45) is 0 Å². The predicted molar refractivity (Wildman–Crippen MR) is 119 cm³/mol. The lowest BCUT2D eigenvalue weighted by Crippen LogP contribution is -2.16. The zero-order chi connectivity index (χ0) is 22.8. The molecule has 32 heavy (non-hydrogen) atoms. The van der Waals surface area contributed by atoms with Gasteiger partial charge in [0.15, 0.2) is 11.4 Å². The molecule has 8 heteroatoms. The molecule has 5 nitrogen and oxygen atoms in total. The normalized spacial score (nSPS) is 11.0. The molecule has 1 N–H and O–H groups in total. The van der Waals surface area contributed by atoms with Crippen LogP contribution >= 0.6 is 11.6 Å². The van der Waals surface area contributed by atoms with E-state index in [2.05, 4.69) is 10.3 Å². The molecule has 0 spiro atoms. The van der Waals surface area contributed by atoms with Crippen molar-refractivity contribution in [2.45, 2.75) is 26.9 Å². The summed E-state index contributed by atoms with van der Waals surface area (Å²) in [6.07, 6.45) is 1.98. The number of aryl methyl sites for hydroxylation is 2. The second kappa shape index (κ2) is 8.96. The number of anilines is 1. The Morgan fingerprint density at radius 3 is 2.50 bits per heavy atom. The monoisotopic (exact) mass is 455 g/mol. The van der Waals surface area contributed by atoms with Gasteiger partial charge in [0.05, 0.1) is 17.7 Å². The first-order valence-electron chi connectivity index (χ1n) is 9.91. The number of benzene rings is 2. The van der Waals surface area contributed by atoms with Gasteiger partial charge >= 0.3 is 0 Å². The summed E-state index contributed by atoms with van der Waals surface area (Å²) in [5.74, 6) is -0.708. The summed E-state index contributed by atoms with van der Waals surface area (Å²) in [6.45, 7) is 3.33. The highest BCUT2D eigenvalue weighted by atomic mass is 35.5. The molecule has 0 saturated heterocycles. The van der Waals surface area contributed by atoms with Crippen LogP contribution in [0.2, 0.25) is 5.02 Å². The molecule has 0 fully saturated rings. The zero-order valence-electron chi connectivity index (χ0n) is 17.5. The third kappa shape index (κ3) is 4.57. The second-order valence-corrected chi connectivity index (χ2v) is 7.90. The Morgan fingerprint density at radius 2 is 1.81 bits per heavy atom. The standard InChI is InChI=1S/C24H20ClF2N3O2/c1-14-10-21(32-13-18-19(26)4-3-5-20(18)27)24-28-15(2)23(30(24)12-14)29-22(31)11-16-6-8-17(25)9-7-16/h3-10,12H,11,13H2,1-2H3,(H,29,31). The lowest BCUT2D eigenvalue weighted by molar-refractivity contribution is -0.115. The van der Waals surface area contributed by atoms with Gasteiger partial charge < -0.3 is 10.1 Å². The van der Waals surface area contributed by atoms with Crippen LogP contribution in [0.4, 0.5) is 14.6 Å². The number of nitrogens with zero attached hydrogens (tertiary/aromatic N) is 2. The average molecular weight is 456 g/mol. The number of carbonyl (C=O) groups is 1. The number of rotatable bonds is 6. The number of pyridine rings is 1. The molecule has 0 atom stereocenters. The van der Waals surface area contributed by atoms with E-state index in [1.807, 2.05) is 13.1 Å². The minimum atomic E-state index is -0.677. The fourth-order valence-electron chi connectivity index (χ4n) is 3.40. The number of aromatic nitrogens is 2. The molecule has 4 aromatic rings. The van der Waals surface area contributed by atoms with E-state index in [0.29, 0.717) is 27.9 Å². The summed E-state index contributed by atoms with van der Waals surface area (Å²) in [4.78, 5) is 17.1. The molecular formula is C24H20ClF2N3O2. The summed E-state index contributed by atoms with van der Waals surface area (Å²) in [5.41, 5.74) is 2.51. The van der Waals surface area contributed by atoms with Crippen molar-refractivity contribution >= 4 is 29.0 Å². The van der Waals surface area contributed by atoms with E-state index in [1.54, 1.807) is 41.7 Å². The molecule has 2 heterocycles. The Balaban J connectivity index is 1.60. The Hall–Kier alpha value is -3.45. The number of nitrogens with one attached hydrogen (secondary N) is 1. The van der Waals surface area contributed by atoms with E-state index < -0.39 is 11.6 Å². The van der Waals surface area contributed by atoms with Gasteiger partial charge in [0.25, 0.3) is 0 Å². The fraction of sp³-hybridized carbons (Fsp3) is 0.167. The zero-order valence-corrected chi connectivity index (χ0v) is 18.2. The molecule has 0 bridgehead atoms. The topological polar surface area (TPSA) is 55.6 Å². The maximum Gasteiger partial charge on any atom is 0.229 e. The number of fused-ring (bicyclic) bond motifs is 1. The molecule has 0 aliphatic heterocycles. The van der Waals surface area contributed by atoms with Crippen molar-refractivity contribution in [1.29, 1.82) is 0 Å². The van der Waals surface area contributed by atoms with Gasteiger partial charge in [-0.1, -0.05) is 29.8 Å². The van der Waals surface area contributed by atoms with Gasteiger partial charge in [-0.15, -0.1) is 0 Å². The van der Waals surface area contributed by atoms with Crippen LogP contribution in [0.1, 0.15) is 22.4 Å². The molecule has 164 valence electrons. The van der Waals surface area contributed by atoms with Crippen molar-refractivity contribution in [3.63, 3.8) is 0 Å². The van der Waals surface area contributed by atoms with Crippen LogP contribution in [0.15, 0.2) is 54.7 Å². The van der Waals surface area contributed by atoms with Crippen LogP contribution in [0.5, 0.6) is 5.75 Å². The van der Waals surface area contributed by atoms with Gasteiger partial charge in [0.1, 0.15) is 24.1 Å². The predicted octanol–water partition coefficient (Wildman–Crippen LogP) is 5.64. The maximum atomic E-state index is 14.0. The number of amides is 1. The third-order valence-electron chi connectivity index (χ3n) is 4.97. The first-order valence-corrected chi connectivity index (χ1v) is 10.3. The highest BCUT2D eigenvalue weighted by molar-refractivity contribution is 6.30. The molecule has 0 saturated carbocycles. The molecule has 0 radical (unpaired) electrons. The van der Waals surface area contributed by atoms with E-state index in [-0.39, 0.29) is 24.5 Å². The molecule has 1 amide bonds. The Bertz CT molecular complexity index is 1280. The van der Waals surface area contributed by atoms with Crippen LogP contribution in [0.25, 0.3) is 5.65 Å². The third-order valence-corrected chi connectivity index (χ3v) is 5.22. The second-order valence-electron chi connectivity index (χ2n) is 7.46. The van der Waals surface area contributed by atoms with E-state index in [0.717, 1.165) is 11.1 Å². The van der Waals surface area contributed by atoms with Crippen LogP contribution in [-0.4, -0.2) is 15.3 Å². The average Bonchev–Trinajstić information content (AvgIpc) is 3.04. The lowest BCUT2D eigenvalue weighted by atomic mass is 10.1. The summed E-state index contributed by atoms with van der Waals surface area (Å²) < 4.78 is 35.4. The van der Waals surface area contributed by atoms with Crippen LogP contribution in [0, 0.1) is 25.5 Å². The fourth-order valence-corrected chi connectivity index (χ4v) is 3.52. The van der Waals surface area contributed by atoms with Crippen molar-refractivity contribution in [3.05, 3.63) is 93.8 Å². The number of halogens is 3. The first-order chi connectivity index (χ1) is 15.3. The summed E-state index contributed by atoms with van der Waals surface area (Å²) >= 11 is 5.90. The van der Waals surface area contributed by atoms with E-state index in [4.69, 9.17) is 16.3 Å². The number of ether oxygens (including phenoxy) is 1. The van der Waals surface area contributed by atoms with Crippen LogP contribution in [0.3, 0.4) is 0 Å². The van der Waals surface area contributed by atoms with E-state index in [1.165, 1.54) is 18.2 Å². The quantitative estimate of drug-likeness (QED) is 0.409. The molecule has 4 rings (SSSR count). The van der Waals surface area contributed by atoms with Crippen molar-refractivity contribution in [2.75, 3.05) is 5.32 Å². The largest absolute Gasteiger partial charge is 0.485 e. The number of hydrogen-bond donors (Lipinski definition) is 1. The minimum Gasteiger partial charge on any atom is -0.485 e. The van der Waals surface area contributed by atoms with E-state index in [9.17, 15) is 13.6 Å². The van der Waals surface area contributed by atoms with Crippen molar-refractivity contribution in [3.8, 4) is 5.75 Å². The maximum absolute atomic E-state index is 14.0. The van der Waals surface area contributed by atoms with Gasteiger partial charge in [0, 0.05) is 11.2 Å². The Labute approximate surface area is 188 Å². The van der Waals surface area contributed by atoms with Gasteiger partial charge in [-0.2, -0.15) is 0 Å². The molecule has 2 aromatic heterocycles. The SMILES string of the molecule is Cc1cc(OCc2c(F)cccc2F)c2nc(C)c(NC(=O)Cc3ccc(Cl)cc3)n2c1. The first kappa shape index (κ1) is 21.8. The molecule has 0 aliphatic carbocycles. The Morgan fingerprint density at radius 1 is 1.12 bits per heavy atom. The van der Waals surface area contributed by atoms with E-state index >= 15 is 0 Å². The highest BCUT2D eigenvalue weighted by Gasteiger charge is 2.17. The minimum absolute atomic E-state index is 0.160. The number of imidazole rings is 1. The summed E-state index contributed by atoms with van der Waals surface area (Å²) in [5, 5.41) is 3.50. The molecular weight excluding hydrogens is 436 g/mol. The van der Waals surface area contributed by atoms with Crippen LogP contribution in [-0.2, 0) is 17.8 Å². The highest BCUT2D eigenvalue weighted by Crippen LogP contribution is 2.28. The van der Waals surface area contributed by atoms with Gasteiger partial charge in [0.2, 0.25) is 5.91 Å². The smallest absolute Gasteiger partial charge is 0.229 e.